The zero-order valence-corrected chi connectivity index (χ0v) is 9.40. The predicted molar refractivity (Wildman–Crippen MR) is 55.6 cm³/mol. The Morgan fingerprint density at radius 2 is 2.13 bits per heavy atom. The largest absolute Gasteiger partial charge is 0.479 e. The maximum atomic E-state index is 11.3. The number of carboxylic acids is 1. The van der Waals surface area contributed by atoms with Crippen molar-refractivity contribution in [3.8, 4) is 0 Å². The SMILES string of the molecule is CC1CCC(C)C(OCCO)(C(=O)O)C1. The quantitative estimate of drug-likeness (QED) is 0.742. The summed E-state index contributed by atoms with van der Waals surface area (Å²) in [5.74, 6) is -0.510. The molecule has 0 saturated heterocycles. The molecule has 0 aromatic carbocycles. The molecule has 0 aromatic rings. The molecule has 1 aliphatic carbocycles. The van der Waals surface area contributed by atoms with Gasteiger partial charge in [0.15, 0.2) is 5.60 Å². The van der Waals surface area contributed by atoms with Gasteiger partial charge in [0, 0.05) is 0 Å². The van der Waals surface area contributed by atoms with Crippen LogP contribution in [0.1, 0.15) is 33.1 Å². The highest BCUT2D eigenvalue weighted by Crippen LogP contribution is 2.39. The number of carbonyl (C=O) groups is 1. The lowest BCUT2D eigenvalue weighted by molar-refractivity contribution is -0.183. The van der Waals surface area contributed by atoms with E-state index in [4.69, 9.17) is 9.84 Å². The highest BCUT2D eigenvalue weighted by Gasteiger charge is 2.48. The molecule has 3 unspecified atom stereocenters. The highest BCUT2D eigenvalue weighted by atomic mass is 16.5. The van der Waals surface area contributed by atoms with Crippen LogP contribution in [-0.4, -0.2) is 35.0 Å². The number of hydrogen-bond acceptors (Lipinski definition) is 3. The van der Waals surface area contributed by atoms with Crippen LogP contribution in [-0.2, 0) is 9.53 Å². The van der Waals surface area contributed by atoms with E-state index in [2.05, 4.69) is 0 Å². The van der Waals surface area contributed by atoms with Crippen LogP contribution in [0.4, 0.5) is 0 Å². The molecular formula is C11H20O4. The Hall–Kier alpha value is -0.610. The Morgan fingerprint density at radius 3 is 2.67 bits per heavy atom. The van der Waals surface area contributed by atoms with Crippen LogP contribution in [0.15, 0.2) is 0 Å². The van der Waals surface area contributed by atoms with Crippen LogP contribution < -0.4 is 0 Å². The summed E-state index contributed by atoms with van der Waals surface area (Å²) >= 11 is 0. The maximum absolute atomic E-state index is 11.3. The molecule has 1 fully saturated rings. The van der Waals surface area contributed by atoms with Crippen molar-refractivity contribution in [1.29, 1.82) is 0 Å². The summed E-state index contributed by atoms with van der Waals surface area (Å²) in [5.41, 5.74) is -1.08. The minimum absolute atomic E-state index is 0.0118. The first kappa shape index (κ1) is 12.5. The van der Waals surface area contributed by atoms with Crippen molar-refractivity contribution in [3.05, 3.63) is 0 Å². The van der Waals surface area contributed by atoms with E-state index < -0.39 is 11.6 Å². The molecule has 0 spiro atoms. The third-order valence-electron chi connectivity index (χ3n) is 3.35. The van der Waals surface area contributed by atoms with E-state index in [9.17, 15) is 9.90 Å². The minimum Gasteiger partial charge on any atom is -0.479 e. The Morgan fingerprint density at radius 1 is 1.47 bits per heavy atom. The van der Waals surface area contributed by atoms with Crippen LogP contribution in [0.5, 0.6) is 0 Å². The number of aliphatic hydroxyl groups excluding tert-OH is 1. The van der Waals surface area contributed by atoms with Gasteiger partial charge >= 0.3 is 5.97 Å². The summed E-state index contributed by atoms with van der Waals surface area (Å²) in [4.78, 5) is 11.3. The van der Waals surface area contributed by atoms with Gasteiger partial charge in [-0.2, -0.15) is 0 Å². The lowest BCUT2D eigenvalue weighted by Gasteiger charge is -2.41. The van der Waals surface area contributed by atoms with Crippen LogP contribution in [0.2, 0.25) is 0 Å². The van der Waals surface area contributed by atoms with Crippen molar-refractivity contribution in [2.75, 3.05) is 13.2 Å². The zero-order valence-electron chi connectivity index (χ0n) is 9.40. The van der Waals surface area contributed by atoms with Crippen LogP contribution in [0.25, 0.3) is 0 Å². The van der Waals surface area contributed by atoms with Crippen LogP contribution >= 0.6 is 0 Å². The average molecular weight is 216 g/mol. The summed E-state index contributed by atoms with van der Waals surface area (Å²) in [5, 5.41) is 18.0. The summed E-state index contributed by atoms with van der Waals surface area (Å²) in [7, 11) is 0. The van der Waals surface area contributed by atoms with Gasteiger partial charge in [-0.3, -0.25) is 0 Å². The van der Waals surface area contributed by atoms with Crippen molar-refractivity contribution >= 4 is 5.97 Å². The van der Waals surface area contributed by atoms with E-state index in [0.717, 1.165) is 12.8 Å². The molecule has 1 rings (SSSR count). The van der Waals surface area contributed by atoms with E-state index >= 15 is 0 Å². The van der Waals surface area contributed by atoms with Gasteiger partial charge in [0.1, 0.15) is 0 Å². The van der Waals surface area contributed by atoms with Gasteiger partial charge in [0.2, 0.25) is 0 Å². The van der Waals surface area contributed by atoms with Crippen LogP contribution in [0.3, 0.4) is 0 Å². The third-order valence-corrected chi connectivity index (χ3v) is 3.35. The molecule has 0 aromatic heterocycles. The molecular weight excluding hydrogens is 196 g/mol. The molecule has 0 amide bonds. The van der Waals surface area contributed by atoms with Crippen molar-refractivity contribution in [2.24, 2.45) is 11.8 Å². The van der Waals surface area contributed by atoms with Gasteiger partial charge in [-0.1, -0.05) is 20.3 Å². The Balaban J connectivity index is 2.80. The predicted octanol–water partition coefficient (Wildman–Crippen LogP) is 1.27. The molecule has 15 heavy (non-hydrogen) atoms. The molecule has 2 N–H and O–H groups in total. The van der Waals surface area contributed by atoms with Gasteiger partial charge in [-0.05, 0) is 24.7 Å². The highest BCUT2D eigenvalue weighted by molar-refractivity contribution is 5.78. The molecule has 4 nitrogen and oxygen atoms in total. The van der Waals surface area contributed by atoms with Gasteiger partial charge in [-0.15, -0.1) is 0 Å². The minimum atomic E-state index is -1.08. The second-order valence-corrected chi connectivity index (χ2v) is 4.55. The lowest BCUT2D eigenvalue weighted by atomic mass is 9.72. The van der Waals surface area contributed by atoms with E-state index in [1.165, 1.54) is 0 Å². The standard InChI is InChI=1S/C11H20O4/c1-8-3-4-9(2)11(7-8,10(13)14)15-6-5-12/h8-9,12H,3-7H2,1-2H3,(H,13,14). The Labute approximate surface area is 90.2 Å². The Bertz CT molecular complexity index is 229. The molecule has 0 aliphatic heterocycles. The molecule has 0 heterocycles. The molecule has 88 valence electrons. The summed E-state index contributed by atoms with van der Waals surface area (Å²) in [6, 6.07) is 0. The number of aliphatic carboxylic acids is 1. The van der Waals surface area contributed by atoms with Crippen molar-refractivity contribution in [3.63, 3.8) is 0 Å². The average Bonchev–Trinajstić information content (AvgIpc) is 2.19. The molecule has 0 radical (unpaired) electrons. The zero-order chi connectivity index (χ0) is 11.5. The molecule has 1 aliphatic rings. The number of hydrogen-bond donors (Lipinski definition) is 2. The van der Waals surface area contributed by atoms with Crippen molar-refractivity contribution < 1.29 is 19.7 Å². The van der Waals surface area contributed by atoms with E-state index in [1.807, 2.05) is 13.8 Å². The monoisotopic (exact) mass is 216 g/mol. The van der Waals surface area contributed by atoms with E-state index in [1.54, 1.807) is 0 Å². The van der Waals surface area contributed by atoms with Gasteiger partial charge in [-0.25, -0.2) is 4.79 Å². The number of ether oxygens (including phenoxy) is 1. The first-order valence-corrected chi connectivity index (χ1v) is 5.51. The summed E-state index contributed by atoms with van der Waals surface area (Å²) in [6.45, 7) is 3.93. The number of rotatable bonds is 4. The Kier molecular flexibility index (Phi) is 4.11. The van der Waals surface area contributed by atoms with Crippen molar-refractivity contribution in [2.45, 2.75) is 38.7 Å². The smallest absolute Gasteiger partial charge is 0.336 e. The second-order valence-electron chi connectivity index (χ2n) is 4.55. The van der Waals surface area contributed by atoms with E-state index in [-0.39, 0.29) is 19.1 Å². The molecule has 4 heteroatoms. The normalized spacial score (nSPS) is 36.5. The van der Waals surface area contributed by atoms with Gasteiger partial charge in [0.05, 0.1) is 13.2 Å². The fourth-order valence-corrected chi connectivity index (χ4v) is 2.38. The fraction of sp³-hybridized carbons (Fsp3) is 0.909. The van der Waals surface area contributed by atoms with Crippen molar-refractivity contribution in [1.82, 2.24) is 0 Å². The molecule has 1 saturated carbocycles. The van der Waals surface area contributed by atoms with Gasteiger partial charge in [0.25, 0.3) is 0 Å². The van der Waals surface area contributed by atoms with Crippen LogP contribution in [0, 0.1) is 11.8 Å². The first-order chi connectivity index (χ1) is 7.03. The lowest BCUT2D eigenvalue weighted by Crippen LogP contribution is -2.51. The van der Waals surface area contributed by atoms with Gasteiger partial charge < -0.3 is 14.9 Å². The maximum Gasteiger partial charge on any atom is 0.336 e. The summed E-state index contributed by atoms with van der Waals surface area (Å²) in [6.07, 6.45) is 2.47. The van der Waals surface area contributed by atoms with E-state index in [0.29, 0.717) is 12.3 Å². The first-order valence-electron chi connectivity index (χ1n) is 5.51. The third kappa shape index (κ3) is 2.49. The number of carboxylic acid groups (broad SMARTS) is 1. The summed E-state index contributed by atoms with van der Waals surface area (Å²) < 4.78 is 5.41. The topological polar surface area (TPSA) is 66.8 Å². The molecule has 0 bridgehead atoms. The fourth-order valence-electron chi connectivity index (χ4n) is 2.38. The molecule has 3 atom stereocenters. The number of aliphatic hydroxyl groups is 1. The second kappa shape index (κ2) is 4.94.